The number of nitrogens with zero attached hydrogens (tertiary/aromatic N) is 3. The highest BCUT2D eigenvalue weighted by Crippen LogP contribution is 2.31. The monoisotopic (exact) mass is 368 g/mol. The van der Waals surface area contributed by atoms with Gasteiger partial charge in [-0.05, 0) is 44.2 Å². The van der Waals surface area contributed by atoms with Crippen LogP contribution in [0.3, 0.4) is 0 Å². The predicted molar refractivity (Wildman–Crippen MR) is 103 cm³/mol. The number of carbonyl (C=O) groups excluding carboxylic acids is 1. The number of amides is 1. The summed E-state index contributed by atoms with van der Waals surface area (Å²) in [6, 6.07) is 15.7. The molecule has 26 heavy (non-hydrogen) atoms. The standard InChI is InChI=1S/C19H20N4O2S/c1-12-5-4-6-14(11-12)18-21-22-19(26-13(2)17(20)24)23(18)15-7-9-16(25-3)10-8-15/h4-11,13H,1-3H3,(H2,20,24). The number of hydrogen-bond donors (Lipinski definition) is 1. The van der Waals surface area contributed by atoms with E-state index in [0.29, 0.717) is 11.0 Å². The molecule has 1 aromatic heterocycles. The number of ether oxygens (including phenoxy) is 1. The minimum atomic E-state index is -0.415. The fourth-order valence-corrected chi connectivity index (χ4v) is 3.32. The Morgan fingerprint density at radius 2 is 1.92 bits per heavy atom. The molecular formula is C19H20N4O2S. The SMILES string of the molecule is COc1ccc(-n2c(SC(C)C(N)=O)nnc2-c2cccc(C)c2)cc1. The van der Waals surface area contributed by atoms with Crippen LogP contribution in [0.4, 0.5) is 0 Å². The molecule has 1 heterocycles. The maximum Gasteiger partial charge on any atom is 0.230 e. The van der Waals surface area contributed by atoms with E-state index in [-0.39, 0.29) is 0 Å². The number of methoxy groups -OCH3 is 1. The summed E-state index contributed by atoms with van der Waals surface area (Å²) in [6.45, 7) is 3.79. The van der Waals surface area contributed by atoms with Gasteiger partial charge in [0.2, 0.25) is 5.91 Å². The lowest BCUT2D eigenvalue weighted by atomic mass is 10.1. The molecule has 0 bridgehead atoms. The number of carbonyl (C=O) groups is 1. The van der Waals surface area contributed by atoms with Crippen LogP contribution in [0, 0.1) is 6.92 Å². The Hall–Kier alpha value is -2.80. The van der Waals surface area contributed by atoms with Crippen molar-refractivity contribution < 1.29 is 9.53 Å². The number of aryl methyl sites for hydroxylation is 1. The first-order valence-corrected chi connectivity index (χ1v) is 9.00. The van der Waals surface area contributed by atoms with Crippen molar-refractivity contribution in [2.24, 2.45) is 5.73 Å². The molecule has 0 saturated carbocycles. The van der Waals surface area contributed by atoms with E-state index >= 15 is 0 Å². The van der Waals surface area contributed by atoms with E-state index < -0.39 is 11.2 Å². The van der Waals surface area contributed by atoms with Crippen molar-refractivity contribution in [1.29, 1.82) is 0 Å². The Kier molecular flexibility index (Phi) is 5.27. The lowest BCUT2D eigenvalue weighted by Gasteiger charge is -2.13. The largest absolute Gasteiger partial charge is 0.497 e. The molecule has 134 valence electrons. The third-order valence-electron chi connectivity index (χ3n) is 3.92. The first-order valence-electron chi connectivity index (χ1n) is 8.12. The van der Waals surface area contributed by atoms with Gasteiger partial charge in [0.05, 0.1) is 12.4 Å². The van der Waals surface area contributed by atoms with Crippen LogP contribution < -0.4 is 10.5 Å². The molecule has 0 fully saturated rings. The highest BCUT2D eigenvalue weighted by molar-refractivity contribution is 8.00. The van der Waals surface area contributed by atoms with Crippen LogP contribution in [0.2, 0.25) is 0 Å². The van der Waals surface area contributed by atoms with Crippen LogP contribution >= 0.6 is 11.8 Å². The fourth-order valence-electron chi connectivity index (χ4n) is 2.50. The Balaban J connectivity index is 2.12. The Morgan fingerprint density at radius 3 is 2.54 bits per heavy atom. The average molecular weight is 368 g/mol. The summed E-state index contributed by atoms with van der Waals surface area (Å²) < 4.78 is 7.17. The highest BCUT2D eigenvalue weighted by Gasteiger charge is 2.20. The molecular weight excluding hydrogens is 348 g/mol. The summed E-state index contributed by atoms with van der Waals surface area (Å²) in [5, 5.41) is 8.86. The molecule has 0 spiro atoms. The van der Waals surface area contributed by atoms with Gasteiger partial charge in [0, 0.05) is 11.3 Å². The Labute approximate surface area is 156 Å². The molecule has 3 rings (SSSR count). The minimum Gasteiger partial charge on any atom is -0.497 e. The quantitative estimate of drug-likeness (QED) is 0.676. The van der Waals surface area contributed by atoms with E-state index in [1.807, 2.05) is 54.0 Å². The summed E-state index contributed by atoms with van der Waals surface area (Å²) in [7, 11) is 1.63. The van der Waals surface area contributed by atoms with Crippen molar-refractivity contribution in [3.63, 3.8) is 0 Å². The number of thioether (sulfide) groups is 1. The third-order valence-corrected chi connectivity index (χ3v) is 4.98. The summed E-state index contributed by atoms with van der Waals surface area (Å²) >= 11 is 1.29. The van der Waals surface area contributed by atoms with Gasteiger partial charge in [0.15, 0.2) is 11.0 Å². The van der Waals surface area contributed by atoms with Gasteiger partial charge < -0.3 is 10.5 Å². The molecule has 0 aliphatic carbocycles. The van der Waals surface area contributed by atoms with Crippen molar-refractivity contribution in [3.8, 4) is 22.8 Å². The topological polar surface area (TPSA) is 83.0 Å². The van der Waals surface area contributed by atoms with Crippen molar-refractivity contribution in [2.75, 3.05) is 7.11 Å². The number of benzene rings is 2. The highest BCUT2D eigenvalue weighted by atomic mass is 32.2. The number of nitrogens with two attached hydrogens (primary N) is 1. The van der Waals surface area contributed by atoms with Gasteiger partial charge in [-0.3, -0.25) is 9.36 Å². The molecule has 1 atom stereocenters. The normalized spacial score (nSPS) is 12.0. The van der Waals surface area contributed by atoms with Crippen molar-refractivity contribution in [3.05, 3.63) is 54.1 Å². The fraction of sp³-hybridized carbons (Fsp3) is 0.211. The molecule has 1 unspecified atom stereocenters. The summed E-state index contributed by atoms with van der Waals surface area (Å²) in [4.78, 5) is 11.5. The summed E-state index contributed by atoms with van der Waals surface area (Å²) in [6.07, 6.45) is 0. The summed E-state index contributed by atoms with van der Waals surface area (Å²) in [5.74, 6) is 1.08. The first-order chi connectivity index (χ1) is 12.5. The molecule has 1 amide bonds. The third kappa shape index (κ3) is 3.72. The zero-order valence-corrected chi connectivity index (χ0v) is 15.7. The van der Waals surface area contributed by atoms with Gasteiger partial charge in [-0.25, -0.2) is 0 Å². The maximum atomic E-state index is 11.5. The van der Waals surface area contributed by atoms with Crippen LogP contribution in [0.25, 0.3) is 17.1 Å². The number of rotatable bonds is 6. The van der Waals surface area contributed by atoms with Crippen molar-refractivity contribution in [2.45, 2.75) is 24.3 Å². The van der Waals surface area contributed by atoms with Crippen LogP contribution in [0.15, 0.2) is 53.7 Å². The van der Waals surface area contributed by atoms with Crippen molar-refractivity contribution >= 4 is 17.7 Å². The van der Waals surface area contributed by atoms with Crippen LogP contribution in [0.1, 0.15) is 12.5 Å². The van der Waals surface area contributed by atoms with E-state index in [1.165, 1.54) is 11.8 Å². The minimum absolute atomic E-state index is 0.392. The van der Waals surface area contributed by atoms with E-state index in [2.05, 4.69) is 16.3 Å². The molecule has 6 nitrogen and oxygen atoms in total. The van der Waals surface area contributed by atoms with Gasteiger partial charge in [-0.2, -0.15) is 0 Å². The second-order valence-electron chi connectivity index (χ2n) is 5.87. The number of primary amides is 1. The lowest BCUT2D eigenvalue weighted by molar-refractivity contribution is -0.117. The Bertz CT molecular complexity index is 922. The molecule has 0 aliphatic rings. The van der Waals surface area contributed by atoms with Gasteiger partial charge in [0.1, 0.15) is 5.75 Å². The molecule has 3 aromatic rings. The average Bonchev–Trinajstić information content (AvgIpc) is 3.05. The lowest BCUT2D eigenvalue weighted by Crippen LogP contribution is -2.23. The first kappa shape index (κ1) is 18.0. The van der Waals surface area contributed by atoms with E-state index in [0.717, 1.165) is 22.6 Å². The zero-order valence-electron chi connectivity index (χ0n) is 14.8. The number of hydrogen-bond acceptors (Lipinski definition) is 5. The van der Waals surface area contributed by atoms with Crippen LogP contribution in [0.5, 0.6) is 5.75 Å². The van der Waals surface area contributed by atoms with Gasteiger partial charge in [0.25, 0.3) is 0 Å². The van der Waals surface area contributed by atoms with Crippen LogP contribution in [-0.2, 0) is 4.79 Å². The zero-order chi connectivity index (χ0) is 18.7. The second-order valence-corrected chi connectivity index (χ2v) is 7.18. The predicted octanol–water partition coefficient (Wildman–Crippen LogP) is 3.22. The Morgan fingerprint density at radius 1 is 1.19 bits per heavy atom. The van der Waals surface area contributed by atoms with Gasteiger partial charge in [-0.15, -0.1) is 10.2 Å². The van der Waals surface area contributed by atoms with E-state index in [4.69, 9.17) is 10.5 Å². The molecule has 0 radical (unpaired) electrons. The van der Waals surface area contributed by atoms with Crippen LogP contribution in [-0.4, -0.2) is 33.0 Å². The molecule has 2 N–H and O–H groups in total. The van der Waals surface area contributed by atoms with Gasteiger partial charge in [-0.1, -0.05) is 35.5 Å². The molecule has 0 saturated heterocycles. The number of aromatic nitrogens is 3. The van der Waals surface area contributed by atoms with E-state index in [9.17, 15) is 4.79 Å². The van der Waals surface area contributed by atoms with Gasteiger partial charge >= 0.3 is 0 Å². The molecule has 2 aromatic carbocycles. The summed E-state index contributed by atoms with van der Waals surface area (Å²) in [5.41, 5.74) is 8.38. The van der Waals surface area contributed by atoms with E-state index in [1.54, 1.807) is 14.0 Å². The second kappa shape index (κ2) is 7.61. The smallest absolute Gasteiger partial charge is 0.230 e. The molecule has 0 aliphatic heterocycles. The van der Waals surface area contributed by atoms with Crippen molar-refractivity contribution in [1.82, 2.24) is 14.8 Å². The maximum absolute atomic E-state index is 11.5. The molecule has 7 heteroatoms.